The van der Waals surface area contributed by atoms with Gasteiger partial charge >= 0.3 is 0 Å². The van der Waals surface area contributed by atoms with E-state index in [-0.39, 0.29) is 0 Å². The minimum absolute atomic E-state index is 0.369. The lowest BCUT2D eigenvalue weighted by molar-refractivity contribution is 0.163. The highest BCUT2D eigenvalue weighted by Crippen LogP contribution is 2.39. The molecule has 0 bridgehead atoms. The van der Waals surface area contributed by atoms with Gasteiger partial charge in [0.2, 0.25) is 0 Å². The first kappa shape index (κ1) is 16.2. The topological polar surface area (TPSA) is 21.3 Å². The first-order valence-electron chi connectivity index (χ1n) is 8.50. The van der Waals surface area contributed by atoms with Gasteiger partial charge in [-0.1, -0.05) is 46.6 Å². The Kier molecular flexibility index (Phi) is 5.55. The van der Waals surface area contributed by atoms with Crippen molar-refractivity contribution in [3.8, 4) is 5.75 Å². The van der Waals surface area contributed by atoms with Gasteiger partial charge in [0.25, 0.3) is 0 Å². The molecule has 1 aliphatic carbocycles. The largest absolute Gasteiger partial charge is 0.494 e. The molecule has 1 N–H and O–H groups in total. The average molecular weight is 289 g/mol. The fourth-order valence-corrected chi connectivity index (χ4v) is 3.45. The number of hydrogen-bond donors (Lipinski definition) is 1. The Morgan fingerprint density at radius 1 is 1.19 bits per heavy atom. The summed E-state index contributed by atoms with van der Waals surface area (Å²) < 4.78 is 5.74. The first-order valence-corrected chi connectivity index (χ1v) is 8.50. The van der Waals surface area contributed by atoms with Crippen LogP contribution in [0.25, 0.3) is 0 Å². The Balaban J connectivity index is 2.05. The van der Waals surface area contributed by atoms with E-state index in [2.05, 4.69) is 51.2 Å². The summed E-state index contributed by atoms with van der Waals surface area (Å²) >= 11 is 0. The molecule has 21 heavy (non-hydrogen) atoms. The molecule has 1 aliphatic rings. The highest BCUT2D eigenvalue weighted by Gasteiger charge is 2.33. The van der Waals surface area contributed by atoms with Crippen LogP contribution in [0.2, 0.25) is 0 Å². The monoisotopic (exact) mass is 289 g/mol. The molecule has 0 heterocycles. The van der Waals surface area contributed by atoms with Crippen LogP contribution in [-0.4, -0.2) is 12.6 Å². The molecule has 0 aromatic heterocycles. The van der Waals surface area contributed by atoms with Crippen molar-refractivity contribution in [1.29, 1.82) is 0 Å². The van der Waals surface area contributed by atoms with Crippen LogP contribution < -0.4 is 10.1 Å². The highest BCUT2D eigenvalue weighted by atomic mass is 16.5. The van der Waals surface area contributed by atoms with Gasteiger partial charge < -0.3 is 10.1 Å². The molecule has 2 nitrogen and oxygen atoms in total. The third-order valence-corrected chi connectivity index (χ3v) is 4.54. The Bertz CT molecular complexity index is 435. The molecule has 2 atom stereocenters. The van der Waals surface area contributed by atoms with E-state index in [1.54, 1.807) is 0 Å². The van der Waals surface area contributed by atoms with Crippen LogP contribution in [0.15, 0.2) is 24.3 Å². The van der Waals surface area contributed by atoms with Gasteiger partial charge in [0.05, 0.1) is 6.61 Å². The summed E-state index contributed by atoms with van der Waals surface area (Å²) in [6.45, 7) is 10.0. The summed E-state index contributed by atoms with van der Waals surface area (Å²) in [6.07, 6.45) is 6.39. The maximum atomic E-state index is 5.74. The van der Waals surface area contributed by atoms with E-state index in [1.807, 2.05) is 6.07 Å². The second-order valence-corrected chi connectivity index (χ2v) is 7.38. The van der Waals surface area contributed by atoms with E-state index in [0.29, 0.717) is 11.5 Å². The number of hydrogen-bond acceptors (Lipinski definition) is 2. The van der Waals surface area contributed by atoms with Crippen molar-refractivity contribution in [2.75, 3.05) is 11.9 Å². The van der Waals surface area contributed by atoms with Gasteiger partial charge in [-0.05, 0) is 42.7 Å². The molecule has 2 heteroatoms. The van der Waals surface area contributed by atoms with Gasteiger partial charge in [-0.2, -0.15) is 0 Å². The molecule has 1 fully saturated rings. The Labute approximate surface area is 130 Å². The van der Waals surface area contributed by atoms with Gasteiger partial charge in [0, 0.05) is 17.8 Å². The SMILES string of the molecule is CCCOc1cccc(NC2CCCCC2C(C)(C)C)c1. The molecular formula is C19H31NO. The van der Waals surface area contributed by atoms with E-state index in [4.69, 9.17) is 4.74 Å². The van der Waals surface area contributed by atoms with Crippen LogP contribution in [0.3, 0.4) is 0 Å². The molecule has 118 valence electrons. The van der Waals surface area contributed by atoms with Gasteiger partial charge in [-0.3, -0.25) is 0 Å². The van der Waals surface area contributed by atoms with Gasteiger partial charge in [-0.25, -0.2) is 0 Å². The van der Waals surface area contributed by atoms with Crippen LogP contribution in [0, 0.1) is 11.3 Å². The van der Waals surface area contributed by atoms with Crippen LogP contribution in [0.1, 0.15) is 59.8 Å². The van der Waals surface area contributed by atoms with Crippen LogP contribution >= 0.6 is 0 Å². The lowest BCUT2D eigenvalue weighted by Crippen LogP contribution is -2.39. The number of ether oxygens (including phenoxy) is 1. The zero-order valence-corrected chi connectivity index (χ0v) is 14.1. The smallest absolute Gasteiger partial charge is 0.121 e. The van der Waals surface area contributed by atoms with Gasteiger partial charge in [0.1, 0.15) is 5.75 Å². The molecule has 0 spiro atoms. The predicted molar refractivity (Wildman–Crippen MR) is 91.1 cm³/mol. The van der Waals surface area contributed by atoms with Crippen molar-refractivity contribution in [3.63, 3.8) is 0 Å². The fourth-order valence-electron chi connectivity index (χ4n) is 3.45. The lowest BCUT2D eigenvalue weighted by Gasteiger charge is -2.41. The van der Waals surface area contributed by atoms with E-state index in [9.17, 15) is 0 Å². The zero-order chi connectivity index (χ0) is 15.3. The third kappa shape index (κ3) is 4.66. The quantitative estimate of drug-likeness (QED) is 0.773. The molecule has 0 amide bonds. The number of rotatable bonds is 5. The molecule has 0 radical (unpaired) electrons. The van der Waals surface area contributed by atoms with Crippen molar-refractivity contribution in [2.24, 2.45) is 11.3 Å². The Morgan fingerprint density at radius 3 is 2.67 bits per heavy atom. The zero-order valence-electron chi connectivity index (χ0n) is 14.1. The summed E-state index contributed by atoms with van der Waals surface area (Å²) in [7, 11) is 0. The summed E-state index contributed by atoms with van der Waals surface area (Å²) in [5.41, 5.74) is 1.57. The molecule has 0 saturated heterocycles. The lowest BCUT2D eigenvalue weighted by atomic mass is 9.69. The van der Waals surface area contributed by atoms with Crippen molar-refractivity contribution < 1.29 is 4.74 Å². The number of anilines is 1. The average Bonchev–Trinajstić information content (AvgIpc) is 2.45. The summed E-state index contributed by atoms with van der Waals surface area (Å²) in [4.78, 5) is 0. The molecule has 2 rings (SSSR count). The summed E-state index contributed by atoms with van der Waals surface area (Å²) in [5.74, 6) is 1.72. The van der Waals surface area contributed by atoms with Crippen molar-refractivity contribution in [2.45, 2.75) is 65.8 Å². The molecule has 0 aliphatic heterocycles. The standard InChI is InChI=1S/C19H31NO/c1-5-13-21-16-10-8-9-15(14-16)20-18-12-7-6-11-17(18)19(2,3)4/h8-10,14,17-18,20H,5-7,11-13H2,1-4H3. The fraction of sp³-hybridized carbons (Fsp3) is 0.684. The Morgan fingerprint density at radius 2 is 1.95 bits per heavy atom. The van der Waals surface area contributed by atoms with E-state index >= 15 is 0 Å². The normalized spacial score (nSPS) is 22.9. The number of benzene rings is 1. The summed E-state index contributed by atoms with van der Waals surface area (Å²) in [5, 5.41) is 3.77. The van der Waals surface area contributed by atoms with E-state index < -0.39 is 0 Å². The second-order valence-electron chi connectivity index (χ2n) is 7.38. The van der Waals surface area contributed by atoms with E-state index in [0.717, 1.165) is 24.7 Å². The highest BCUT2D eigenvalue weighted by molar-refractivity contribution is 5.49. The van der Waals surface area contributed by atoms with Crippen molar-refractivity contribution in [1.82, 2.24) is 0 Å². The van der Waals surface area contributed by atoms with Crippen molar-refractivity contribution >= 4 is 5.69 Å². The van der Waals surface area contributed by atoms with Gasteiger partial charge in [0.15, 0.2) is 0 Å². The maximum Gasteiger partial charge on any atom is 0.121 e. The predicted octanol–water partition coefficient (Wildman–Crippen LogP) is 5.49. The van der Waals surface area contributed by atoms with Gasteiger partial charge in [-0.15, -0.1) is 0 Å². The molecular weight excluding hydrogens is 258 g/mol. The third-order valence-electron chi connectivity index (χ3n) is 4.54. The second kappa shape index (κ2) is 7.20. The van der Waals surface area contributed by atoms with Crippen LogP contribution in [0.4, 0.5) is 5.69 Å². The number of nitrogens with one attached hydrogen (secondary N) is 1. The Hall–Kier alpha value is -1.18. The minimum Gasteiger partial charge on any atom is -0.494 e. The van der Waals surface area contributed by atoms with Crippen LogP contribution in [-0.2, 0) is 0 Å². The first-order chi connectivity index (χ1) is 10.0. The molecule has 1 aromatic rings. The van der Waals surface area contributed by atoms with E-state index in [1.165, 1.54) is 31.4 Å². The molecule has 1 aromatic carbocycles. The molecule has 1 saturated carbocycles. The van der Waals surface area contributed by atoms with Crippen molar-refractivity contribution in [3.05, 3.63) is 24.3 Å². The summed E-state index contributed by atoms with van der Waals surface area (Å²) in [6, 6.07) is 9.02. The van der Waals surface area contributed by atoms with Crippen LogP contribution in [0.5, 0.6) is 5.75 Å². The molecule has 2 unspecified atom stereocenters. The minimum atomic E-state index is 0.369. The maximum absolute atomic E-state index is 5.74.